The molecule has 6 nitrogen and oxygen atoms in total. The number of aromatic amines is 2. The second kappa shape index (κ2) is 8.62. The summed E-state index contributed by atoms with van der Waals surface area (Å²) in [6.45, 7) is 0. The smallest absolute Gasteiger partial charge is 0.433 e. The SMILES string of the molecule is FC(F)(F)c1cc(SCc2nc3cc(Oc4ccccc4)ccc3[nH]2)cc(-c2cn[nH]c2)n1. The molecule has 2 N–H and O–H groups in total. The zero-order valence-corrected chi connectivity index (χ0v) is 17.7. The molecule has 0 radical (unpaired) electrons. The third-order valence-corrected chi connectivity index (χ3v) is 5.73. The van der Waals surface area contributed by atoms with E-state index < -0.39 is 11.9 Å². The van der Waals surface area contributed by atoms with Gasteiger partial charge in [0.25, 0.3) is 0 Å². The van der Waals surface area contributed by atoms with Crippen LogP contribution in [0.4, 0.5) is 13.2 Å². The van der Waals surface area contributed by atoms with Crippen molar-refractivity contribution in [2.24, 2.45) is 0 Å². The van der Waals surface area contributed by atoms with E-state index in [0.717, 1.165) is 17.3 Å². The molecule has 5 rings (SSSR count). The van der Waals surface area contributed by atoms with E-state index in [-0.39, 0.29) is 5.69 Å². The zero-order valence-electron chi connectivity index (χ0n) is 16.9. The first kappa shape index (κ1) is 21.1. The summed E-state index contributed by atoms with van der Waals surface area (Å²) >= 11 is 1.24. The predicted molar refractivity (Wildman–Crippen MR) is 119 cm³/mol. The van der Waals surface area contributed by atoms with E-state index in [1.807, 2.05) is 48.5 Å². The fourth-order valence-electron chi connectivity index (χ4n) is 3.22. The molecule has 3 aromatic heterocycles. The van der Waals surface area contributed by atoms with Crippen LogP contribution in [0.2, 0.25) is 0 Å². The summed E-state index contributed by atoms with van der Waals surface area (Å²) in [5, 5.41) is 6.39. The highest BCUT2D eigenvalue weighted by Gasteiger charge is 2.33. The number of H-pyrrole nitrogens is 2. The van der Waals surface area contributed by atoms with E-state index in [9.17, 15) is 13.2 Å². The fraction of sp³-hybridized carbons (Fsp3) is 0.0870. The van der Waals surface area contributed by atoms with E-state index in [4.69, 9.17) is 4.74 Å². The molecule has 0 aliphatic carbocycles. The van der Waals surface area contributed by atoms with E-state index in [0.29, 0.717) is 33.3 Å². The van der Waals surface area contributed by atoms with E-state index in [2.05, 4.69) is 25.1 Å². The van der Waals surface area contributed by atoms with Crippen LogP contribution in [-0.4, -0.2) is 25.1 Å². The third-order valence-electron chi connectivity index (χ3n) is 4.74. The van der Waals surface area contributed by atoms with Gasteiger partial charge in [0.05, 0.1) is 28.7 Å². The number of halogens is 3. The van der Waals surface area contributed by atoms with Gasteiger partial charge in [-0.05, 0) is 36.4 Å². The average molecular weight is 467 g/mol. The lowest BCUT2D eigenvalue weighted by atomic mass is 10.2. The van der Waals surface area contributed by atoms with Gasteiger partial charge in [0.1, 0.15) is 23.0 Å². The summed E-state index contributed by atoms with van der Waals surface area (Å²) in [6, 6.07) is 17.6. The Balaban J connectivity index is 1.36. The molecule has 0 atom stereocenters. The highest BCUT2D eigenvalue weighted by Crippen LogP contribution is 2.34. The molecular formula is C23H16F3N5OS. The predicted octanol–water partition coefficient (Wildman–Crippen LogP) is 6.45. The van der Waals surface area contributed by atoms with Crippen LogP contribution in [0.3, 0.4) is 0 Å². The maximum atomic E-state index is 13.4. The van der Waals surface area contributed by atoms with Gasteiger partial charge in [0.15, 0.2) is 0 Å². The minimum atomic E-state index is -4.55. The molecule has 33 heavy (non-hydrogen) atoms. The molecule has 0 saturated carbocycles. The molecule has 0 aliphatic heterocycles. The summed E-state index contributed by atoms with van der Waals surface area (Å²) < 4.78 is 45.9. The van der Waals surface area contributed by atoms with Crippen molar-refractivity contribution >= 4 is 22.8 Å². The number of benzene rings is 2. The van der Waals surface area contributed by atoms with Crippen molar-refractivity contribution in [1.82, 2.24) is 25.1 Å². The molecule has 0 unspecified atom stereocenters. The van der Waals surface area contributed by atoms with E-state index in [1.165, 1.54) is 24.2 Å². The number of rotatable bonds is 6. The number of pyridine rings is 1. The molecule has 5 aromatic rings. The monoisotopic (exact) mass is 467 g/mol. The van der Waals surface area contributed by atoms with Crippen molar-refractivity contribution in [2.75, 3.05) is 0 Å². The lowest BCUT2D eigenvalue weighted by Gasteiger charge is -2.10. The Morgan fingerprint density at radius 1 is 0.939 bits per heavy atom. The topological polar surface area (TPSA) is 79.5 Å². The number of imidazole rings is 1. The summed E-state index contributed by atoms with van der Waals surface area (Å²) in [6.07, 6.45) is -1.61. The van der Waals surface area contributed by atoms with E-state index >= 15 is 0 Å². The van der Waals surface area contributed by atoms with Gasteiger partial charge in [-0.2, -0.15) is 18.3 Å². The highest BCUT2D eigenvalue weighted by atomic mass is 32.2. The lowest BCUT2D eigenvalue weighted by molar-refractivity contribution is -0.141. The van der Waals surface area contributed by atoms with Crippen LogP contribution in [0.15, 0.2) is 78.0 Å². The first-order valence-electron chi connectivity index (χ1n) is 9.87. The molecule has 166 valence electrons. The number of hydrogen-bond donors (Lipinski definition) is 2. The van der Waals surface area contributed by atoms with Crippen molar-refractivity contribution in [3.63, 3.8) is 0 Å². The van der Waals surface area contributed by atoms with Crippen molar-refractivity contribution in [3.05, 3.63) is 84.6 Å². The summed E-state index contributed by atoms with van der Waals surface area (Å²) in [5.74, 6) is 2.36. The van der Waals surface area contributed by atoms with Gasteiger partial charge in [-0.15, -0.1) is 11.8 Å². The zero-order chi connectivity index (χ0) is 22.8. The summed E-state index contributed by atoms with van der Waals surface area (Å²) in [4.78, 5) is 11.9. The number of thioether (sulfide) groups is 1. The molecule has 0 spiro atoms. The number of aromatic nitrogens is 5. The highest BCUT2D eigenvalue weighted by molar-refractivity contribution is 7.98. The molecule has 0 saturated heterocycles. The van der Waals surface area contributed by atoms with Crippen molar-refractivity contribution in [1.29, 1.82) is 0 Å². The van der Waals surface area contributed by atoms with Gasteiger partial charge in [-0.3, -0.25) is 5.10 Å². The summed E-state index contributed by atoms with van der Waals surface area (Å²) in [5.41, 5.74) is 1.27. The standard InChI is InChI=1S/C23H16F3N5OS/c24-23(25,26)21-10-17(9-19(29-21)14-11-27-28-12-14)33-13-22-30-18-7-6-16(8-20(18)31-22)32-15-4-2-1-3-5-15/h1-12H,13H2,(H,27,28)(H,30,31). The second-order valence-electron chi connectivity index (χ2n) is 7.12. The van der Waals surface area contributed by atoms with Gasteiger partial charge >= 0.3 is 6.18 Å². The Morgan fingerprint density at radius 2 is 1.79 bits per heavy atom. The van der Waals surface area contributed by atoms with Gasteiger partial charge < -0.3 is 9.72 Å². The van der Waals surface area contributed by atoms with Gasteiger partial charge in [0, 0.05) is 22.7 Å². The van der Waals surface area contributed by atoms with Crippen LogP contribution >= 0.6 is 11.8 Å². The van der Waals surface area contributed by atoms with Crippen molar-refractivity contribution in [3.8, 4) is 22.8 Å². The molecule has 10 heteroatoms. The lowest BCUT2D eigenvalue weighted by Crippen LogP contribution is -2.08. The molecule has 0 fully saturated rings. The molecule has 0 aliphatic rings. The minimum Gasteiger partial charge on any atom is -0.457 e. The van der Waals surface area contributed by atoms with Crippen LogP contribution in [0.1, 0.15) is 11.5 Å². The number of nitrogens with one attached hydrogen (secondary N) is 2. The second-order valence-corrected chi connectivity index (χ2v) is 8.17. The van der Waals surface area contributed by atoms with Crippen LogP contribution in [0.5, 0.6) is 11.5 Å². The average Bonchev–Trinajstić information content (AvgIpc) is 3.47. The minimum absolute atomic E-state index is 0.202. The summed E-state index contributed by atoms with van der Waals surface area (Å²) in [7, 11) is 0. The third kappa shape index (κ3) is 4.85. The molecule has 3 heterocycles. The Kier molecular flexibility index (Phi) is 5.51. The van der Waals surface area contributed by atoms with Crippen molar-refractivity contribution in [2.45, 2.75) is 16.8 Å². The van der Waals surface area contributed by atoms with Gasteiger partial charge in [-0.1, -0.05) is 18.2 Å². The normalized spacial score (nSPS) is 11.7. The maximum Gasteiger partial charge on any atom is 0.433 e. The fourth-order valence-corrected chi connectivity index (χ4v) is 4.05. The Hall–Kier alpha value is -3.79. The van der Waals surface area contributed by atoms with Crippen LogP contribution in [0.25, 0.3) is 22.3 Å². The Labute approximate surface area is 190 Å². The molecule has 0 amide bonds. The number of fused-ring (bicyclic) bond motifs is 1. The van der Waals surface area contributed by atoms with E-state index in [1.54, 1.807) is 6.07 Å². The number of hydrogen-bond acceptors (Lipinski definition) is 5. The van der Waals surface area contributed by atoms with Gasteiger partial charge in [-0.25, -0.2) is 9.97 Å². The number of para-hydroxylation sites is 1. The molecular weight excluding hydrogens is 451 g/mol. The van der Waals surface area contributed by atoms with Crippen LogP contribution < -0.4 is 4.74 Å². The Bertz CT molecular complexity index is 1380. The molecule has 2 aromatic carbocycles. The number of ether oxygens (including phenoxy) is 1. The number of alkyl halides is 3. The Morgan fingerprint density at radius 3 is 2.55 bits per heavy atom. The van der Waals surface area contributed by atoms with Gasteiger partial charge in [0.2, 0.25) is 0 Å². The van der Waals surface area contributed by atoms with Crippen LogP contribution in [-0.2, 0) is 11.9 Å². The maximum absolute atomic E-state index is 13.4. The van der Waals surface area contributed by atoms with Crippen molar-refractivity contribution < 1.29 is 17.9 Å². The number of nitrogens with zero attached hydrogens (tertiary/aromatic N) is 3. The molecule has 0 bridgehead atoms. The first-order chi connectivity index (χ1) is 15.9. The first-order valence-corrected chi connectivity index (χ1v) is 10.9. The largest absolute Gasteiger partial charge is 0.457 e. The van der Waals surface area contributed by atoms with Crippen LogP contribution in [0, 0.1) is 0 Å². The quantitative estimate of drug-likeness (QED) is 0.281.